The first kappa shape index (κ1) is 12.0. The van der Waals surface area contributed by atoms with Crippen LogP contribution in [0.2, 0.25) is 0 Å². The largest absolute Gasteiger partial charge is 0.382 e. The average Bonchev–Trinajstić information content (AvgIpc) is 2.63. The lowest BCUT2D eigenvalue weighted by Crippen LogP contribution is -1.97. The molecule has 0 fully saturated rings. The molecule has 0 unspecified atom stereocenters. The summed E-state index contributed by atoms with van der Waals surface area (Å²) < 4.78 is 26.2. The molecule has 0 saturated heterocycles. The number of hydrogen-bond acceptors (Lipinski definition) is 4. The van der Waals surface area contributed by atoms with Crippen LogP contribution in [-0.2, 0) is 0 Å². The molecule has 2 aromatic rings. The summed E-state index contributed by atoms with van der Waals surface area (Å²) in [6.45, 7) is 1.57. The minimum Gasteiger partial charge on any atom is -0.382 e. The molecule has 6 nitrogen and oxygen atoms in total. The first-order valence-electron chi connectivity index (χ1n) is 4.86. The number of nitrogens with one attached hydrogen (secondary N) is 1. The lowest BCUT2D eigenvalue weighted by molar-refractivity contribution is -0.384. The molecule has 1 aromatic carbocycles. The second kappa shape index (κ2) is 4.06. The van der Waals surface area contributed by atoms with E-state index in [1.54, 1.807) is 6.92 Å². The van der Waals surface area contributed by atoms with Gasteiger partial charge in [0.1, 0.15) is 5.82 Å². The molecule has 0 radical (unpaired) electrons. The van der Waals surface area contributed by atoms with Crippen LogP contribution in [-0.4, -0.2) is 15.1 Å². The van der Waals surface area contributed by atoms with Gasteiger partial charge in [0, 0.05) is 5.56 Å². The molecule has 1 aromatic heterocycles. The fourth-order valence-electron chi connectivity index (χ4n) is 1.56. The van der Waals surface area contributed by atoms with E-state index in [0.29, 0.717) is 11.6 Å². The lowest BCUT2D eigenvalue weighted by Gasteiger charge is -2.03. The van der Waals surface area contributed by atoms with Crippen LogP contribution in [0.3, 0.4) is 0 Å². The van der Waals surface area contributed by atoms with Crippen molar-refractivity contribution in [2.75, 3.05) is 5.73 Å². The number of nitro benzene ring substituents is 1. The molecule has 3 N–H and O–H groups in total. The predicted octanol–water partition coefficient (Wildman–Crippen LogP) is 2.15. The van der Waals surface area contributed by atoms with Crippen molar-refractivity contribution in [2.45, 2.75) is 6.92 Å². The third kappa shape index (κ3) is 1.77. The molecule has 0 aliphatic carbocycles. The van der Waals surface area contributed by atoms with Crippen LogP contribution in [0.25, 0.3) is 11.3 Å². The number of hydrogen-bond donors (Lipinski definition) is 2. The van der Waals surface area contributed by atoms with Crippen molar-refractivity contribution in [3.05, 3.63) is 39.4 Å². The number of rotatable bonds is 2. The van der Waals surface area contributed by atoms with E-state index >= 15 is 0 Å². The van der Waals surface area contributed by atoms with Crippen molar-refractivity contribution in [3.8, 4) is 11.3 Å². The first-order chi connectivity index (χ1) is 8.41. The minimum absolute atomic E-state index is 0.0967. The molecular weight excluding hydrogens is 246 g/mol. The van der Waals surface area contributed by atoms with Gasteiger partial charge in [0.2, 0.25) is 0 Å². The van der Waals surface area contributed by atoms with Gasteiger partial charge in [-0.1, -0.05) is 0 Å². The SMILES string of the molecule is Cc1c(N)n[nH]c1-c1cc(F)c(F)cc1[N+](=O)[O-]. The highest BCUT2D eigenvalue weighted by Gasteiger charge is 2.23. The summed E-state index contributed by atoms with van der Waals surface area (Å²) in [7, 11) is 0. The number of nitrogens with two attached hydrogens (primary N) is 1. The number of nitrogens with zero attached hydrogens (tertiary/aromatic N) is 2. The Morgan fingerprint density at radius 3 is 2.50 bits per heavy atom. The molecular formula is C10H8F2N4O2. The van der Waals surface area contributed by atoms with E-state index in [2.05, 4.69) is 10.2 Å². The lowest BCUT2D eigenvalue weighted by atomic mass is 10.1. The molecule has 2 rings (SSSR count). The van der Waals surface area contributed by atoms with E-state index in [0.717, 1.165) is 6.07 Å². The number of halogens is 2. The fraction of sp³-hybridized carbons (Fsp3) is 0.100. The Morgan fingerprint density at radius 2 is 2.00 bits per heavy atom. The number of aromatic nitrogens is 2. The number of aromatic amines is 1. The summed E-state index contributed by atoms with van der Waals surface area (Å²) >= 11 is 0. The number of anilines is 1. The second-order valence-corrected chi connectivity index (χ2v) is 3.65. The Balaban J connectivity index is 2.74. The van der Waals surface area contributed by atoms with Crippen molar-refractivity contribution in [1.82, 2.24) is 10.2 Å². The van der Waals surface area contributed by atoms with E-state index in [1.165, 1.54) is 0 Å². The van der Waals surface area contributed by atoms with E-state index in [-0.39, 0.29) is 17.1 Å². The molecule has 0 aliphatic rings. The van der Waals surface area contributed by atoms with Crippen LogP contribution < -0.4 is 5.73 Å². The third-order valence-corrected chi connectivity index (χ3v) is 2.55. The first-order valence-corrected chi connectivity index (χ1v) is 4.86. The minimum atomic E-state index is -1.28. The van der Waals surface area contributed by atoms with Gasteiger partial charge in [-0.05, 0) is 13.0 Å². The summed E-state index contributed by atoms with van der Waals surface area (Å²) in [6.07, 6.45) is 0. The van der Waals surface area contributed by atoms with Crippen molar-refractivity contribution in [3.63, 3.8) is 0 Å². The third-order valence-electron chi connectivity index (χ3n) is 2.55. The highest BCUT2D eigenvalue weighted by molar-refractivity contribution is 5.75. The molecule has 94 valence electrons. The molecule has 0 atom stereocenters. The van der Waals surface area contributed by atoms with E-state index in [4.69, 9.17) is 5.73 Å². The topological polar surface area (TPSA) is 97.8 Å². The van der Waals surface area contributed by atoms with Gasteiger partial charge in [-0.25, -0.2) is 8.78 Å². The van der Waals surface area contributed by atoms with Crippen molar-refractivity contribution in [1.29, 1.82) is 0 Å². The van der Waals surface area contributed by atoms with Crippen LogP contribution >= 0.6 is 0 Å². The quantitative estimate of drug-likeness (QED) is 0.633. The second-order valence-electron chi connectivity index (χ2n) is 3.65. The van der Waals surface area contributed by atoms with Crippen LogP contribution in [0.5, 0.6) is 0 Å². The summed E-state index contributed by atoms with van der Waals surface area (Å²) in [6, 6.07) is 1.27. The van der Waals surface area contributed by atoms with Gasteiger partial charge in [-0.3, -0.25) is 15.2 Å². The summed E-state index contributed by atoms with van der Waals surface area (Å²) in [4.78, 5) is 10.0. The maximum Gasteiger partial charge on any atom is 0.281 e. The van der Waals surface area contributed by atoms with Crippen molar-refractivity contribution < 1.29 is 13.7 Å². The van der Waals surface area contributed by atoms with Gasteiger partial charge in [0.25, 0.3) is 5.69 Å². The standard InChI is InChI=1S/C10H8F2N4O2/c1-4-9(14-15-10(4)13)5-2-6(11)7(12)3-8(5)16(17)18/h2-3H,1H3,(H3,13,14,15). The molecule has 0 saturated carbocycles. The van der Waals surface area contributed by atoms with Crippen molar-refractivity contribution in [2.24, 2.45) is 0 Å². The summed E-state index contributed by atoms with van der Waals surface area (Å²) in [5.74, 6) is -2.32. The molecule has 0 aliphatic heterocycles. The Bertz CT molecular complexity index is 639. The zero-order valence-corrected chi connectivity index (χ0v) is 9.20. The van der Waals surface area contributed by atoms with E-state index in [9.17, 15) is 18.9 Å². The maximum atomic E-state index is 13.2. The van der Waals surface area contributed by atoms with Gasteiger partial charge >= 0.3 is 0 Å². The normalized spacial score (nSPS) is 10.6. The zero-order chi connectivity index (χ0) is 13.4. The maximum absolute atomic E-state index is 13.2. The monoisotopic (exact) mass is 254 g/mol. The van der Waals surface area contributed by atoms with Crippen LogP contribution in [0.4, 0.5) is 20.3 Å². The molecule has 18 heavy (non-hydrogen) atoms. The van der Waals surface area contributed by atoms with Gasteiger partial charge < -0.3 is 5.73 Å². The smallest absolute Gasteiger partial charge is 0.281 e. The van der Waals surface area contributed by atoms with Crippen molar-refractivity contribution >= 4 is 11.5 Å². The van der Waals surface area contributed by atoms with Gasteiger partial charge in [-0.15, -0.1) is 0 Å². The van der Waals surface area contributed by atoms with E-state index in [1.807, 2.05) is 0 Å². The Kier molecular flexibility index (Phi) is 2.70. The molecule has 0 bridgehead atoms. The van der Waals surface area contributed by atoms with Gasteiger partial charge in [-0.2, -0.15) is 5.10 Å². The van der Waals surface area contributed by atoms with Gasteiger partial charge in [0.05, 0.1) is 22.2 Å². The highest BCUT2D eigenvalue weighted by atomic mass is 19.2. The molecule has 1 heterocycles. The van der Waals surface area contributed by atoms with Crippen LogP contribution in [0.15, 0.2) is 12.1 Å². The predicted molar refractivity (Wildman–Crippen MR) is 59.7 cm³/mol. The number of nitro groups is 1. The fourth-order valence-corrected chi connectivity index (χ4v) is 1.56. The zero-order valence-electron chi connectivity index (χ0n) is 9.20. The molecule has 0 amide bonds. The van der Waals surface area contributed by atoms with E-state index < -0.39 is 22.2 Å². The van der Waals surface area contributed by atoms with Crippen LogP contribution in [0, 0.1) is 28.7 Å². The average molecular weight is 254 g/mol. The number of nitrogen functional groups attached to an aromatic ring is 1. The number of H-pyrrole nitrogens is 1. The summed E-state index contributed by atoms with van der Waals surface area (Å²) in [5, 5.41) is 17.0. The van der Waals surface area contributed by atoms with Crippen LogP contribution in [0.1, 0.15) is 5.56 Å². The number of benzene rings is 1. The molecule has 8 heteroatoms. The Labute approximate surface area is 99.6 Å². The Morgan fingerprint density at radius 1 is 1.39 bits per heavy atom. The highest BCUT2D eigenvalue weighted by Crippen LogP contribution is 2.33. The molecule has 0 spiro atoms. The Hall–Kier alpha value is -2.51. The summed E-state index contributed by atoms with van der Waals surface area (Å²) in [5.41, 5.74) is 5.47. The van der Waals surface area contributed by atoms with Gasteiger partial charge in [0.15, 0.2) is 11.6 Å².